The van der Waals surface area contributed by atoms with Crippen LogP contribution in [0.2, 0.25) is 0 Å². The number of methoxy groups -OCH3 is 1. The molecule has 0 aromatic heterocycles. The van der Waals surface area contributed by atoms with Gasteiger partial charge in [0.15, 0.2) is 5.78 Å². The van der Waals surface area contributed by atoms with Crippen molar-refractivity contribution in [3.05, 3.63) is 35.9 Å². The summed E-state index contributed by atoms with van der Waals surface area (Å²) < 4.78 is 5.16. The molecule has 0 amide bonds. The van der Waals surface area contributed by atoms with Crippen molar-refractivity contribution in [2.45, 2.75) is 25.3 Å². The van der Waals surface area contributed by atoms with Crippen molar-refractivity contribution in [3.8, 4) is 5.75 Å². The molecule has 2 aliphatic heterocycles. The lowest BCUT2D eigenvalue weighted by molar-refractivity contribution is -0.115. The summed E-state index contributed by atoms with van der Waals surface area (Å²) in [4.78, 5) is 14.2. The van der Waals surface area contributed by atoms with Crippen LogP contribution in [0.3, 0.4) is 0 Å². The summed E-state index contributed by atoms with van der Waals surface area (Å²) in [5.74, 6) is 1.10. The molecule has 3 rings (SSSR count). The first kappa shape index (κ1) is 11.3. The van der Waals surface area contributed by atoms with E-state index in [1.165, 1.54) is 6.42 Å². The van der Waals surface area contributed by atoms with E-state index in [-0.39, 0.29) is 5.78 Å². The summed E-state index contributed by atoms with van der Waals surface area (Å²) in [6.07, 6.45) is 4.80. The Kier molecular flexibility index (Phi) is 2.82. The van der Waals surface area contributed by atoms with Gasteiger partial charge in [0.1, 0.15) is 5.75 Å². The number of fused-ring (bicyclic) bond motifs is 1. The molecule has 1 fully saturated rings. The van der Waals surface area contributed by atoms with Gasteiger partial charge in [-0.05, 0) is 42.7 Å². The first-order valence-electron chi connectivity index (χ1n) is 6.43. The van der Waals surface area contributed by atoms with Crippen molar-refractivity contribution >= 4 is 11.5 Å². The summed E-state index contributed by atoms with van der Waals surface area (Å²) in [6.45, 7) is 1.07. The Bertz CT molecular complexity index is 490. The SMILES string of the molecule is COc1ccc(C2=CC(=O)C[C@H]3CCCN23)cc1. The molecule has 2 heterocycles. The van der Waals surface area contributed by atoms with Gasteiger partial charge in [0.2, 0.25) is 0 Å². The lowest BCUT2D eigenvalue weighted by Gasteiger charge is -2.32. The average Bonchev–Trinajstić information content (AvgIpc) is 2.86. The number of carbonyl (C=O) groups is 1. The first-order valence-corrected chi connectivity index (χ1v) is 6.43. The molecule has 1 saturated heterocycles. The molecule has 0 spiro atoms. The summed E-state index contributed by atoms with van der Waals surface area (Å²) in [5.41, 5.74) is 2.19. The van der Waals surface area contributed by atoms with Gasteiger partial charge in [-0.2, -0.15) is 0 Å². The summed E-state index contributed by atoms with van der Waals surface area (Å²) >= 11 is 0. The summed E-state index contributed by atoms with van der Waals surface area (Å²) in [7, 11) is 1.66. The highest BCUT2D eigenvalue weighted by atomic mass is 16.5. The molecule has 0 saturated carbocycles. The first-order chi connectivity index (χ1) is 8.78. The number of hydrogen-bond donors (Lipinski definition) is 0. The minimum absolute atomic E-state index is 0.254. The van der Waals surface area contributed by atoms with Crippen LogP contribution in [0.5, 0.6) is 5.75 Å². The molecule has 2 aliphatic rings. The third-order valence-corrected chi connectivity index (χ3v) is 3.81. The van der Waals surface area contributed by atoms with E-state index in [4.69, 9.17) is 4.74 Å². The fourth-order valence-electron chi connectivity index (χ4n) is 2.90. The highest BCUT2D eigenvalue weighted by molar-refractivity contribution is 5.98. The molecule has 3 nitrogen and oxygen atoms in total. The van der Waals surface area contributed by atoms with Crippen LogP contribution < -0.4 is 4.74 Å². The summed E-state index contributed by atoms with van der Waals surface area (Å²) in [5, 5.41) is 0. The molecular weight excluding hydrogens is 226 g/mol. The van der Waals surface area contributed by atoms with E-state index >= 15 is 0 Å². The second-order valence-corrected chi connectivity index (χ2v) is 4.92. The number of benzene rings is 1. The highest BCUT2D eigenvalue weighted by Gasteiger charge is 2.32. The van der Waals surface area contributed by atoms with E-state index in [0.717, 1.165) is 30.0 Å². The molecule has 0 bridgehead atoms. The third kappa shape index (κ3) is 1.90. The van der Waals surface area contributed by atoms with Crippen molar-refractivity contribution < 1.29 is 9.53 Å². The molecule has 18 heavy (non-hydrogen) atoms. The van der Waals surface area contributed by atoms with Gasteiger partial charge in [-0.1, -0.05) is 0 Å². The smallest absolute Gasteiger partial charge is 0.159 e. The molecule has 0 unspecified atom stereocenters. The van der Waals surface area contributed by atoms with Crippen molar-refractivity contribution in [3.63, 3.8) is 0 Å². The second-order valence-electron chi connectivity index (χ2n) is 4.92. The van der Waals surface area contributed by atoms with Gasteiger partial charge in [-0.3, -0.25) is 4.79 Å². The number of rotatable bonds is 2. The van der Waals surface area contributed by atoms with Crippen LogP contribution in [0.25, 0.3) is 5.70 Å². The van der Waals surface area contributed by atoms with Gasteiger partial charge >= 0.3 is 0 Å². The Hall–Kier alpha value is -1.77. The number of ketones is 1. The van der Waals surface area contributed by atoms with Gasteiger partial charge < -0.3 is 9.64 Å². The molecule has 1 atom stereocenters. The van der Waals surface area contributed by atoms with E-state index in [2.05, 4.69) is 4.90 Å². The highest BCUT2D eigenvalue weighted by Crippen LogP contribution is 2.34. The van der Waals surface area contributed by atoms with Gasteiger partial charge in [-0.25, -0.2) is 0 Å². The number of hydrogen-bond acceptors (Lipinski definition) is 3. The van der Waals surface area contributed by atoms with Crippen molar-refractivity contribution in [2.24, 2.45) is 0 Å². The molecule has 94 valence electrons. The number of nitrogens with zero attached hydrogens (tertiary/aromatic N) is 1. The topological polar surface area (TPSA) is 29.5 Å². The van der Waals surface area contributed by atoms with Crippen LogP contribution in [0.1, 0.15) is 24.8 Å². The van der Waals surface area contributed by atoms with E-state index in [0.29, 0.717) is 12.5 Å². The van der Waals surface area contributed by atoms with Crippen LogP contribution >= 0.6 is 0 Å². The Balaban J connectivity index is 1.95. The zero-order valence-corrected chi connectivity index (χ0v) is 10.6. The predicted molar refractivity (Wildman–Crippen MR) is 70.3 cm³/mol. The van der Waals surface area contributed by atoms with Crippen LogP contribution in [0.15, 0.2) is 30.3 Å². The molecule has 0 radical (unpaired) electrons. The molecule has 3 heteroatoms. The van der Waals surface area contributed by atoms with Crippen molar-refractivity contribution in [1.82, 2.24) is 4.90 Å². The minimum atomic E-state index is 0.254. The average molecular weight is 243 g/mol. The lowest BCUT2D eigenvalue weighted by atomic mass is 9.99. The van der Waals surface area contributed by atoms with Crippen LogP contribution in [-0.4, -0.2) is 30.4 Å². The fourth-order valence-corrected chi connectivity index (χ4v) is 2.90. The molecule has 0 aliphatic carbocycles. The Labute approximate surface area is 107 Å². The maximum atomic E-state index is 11.8. The van der Waals surface area contributed by atoms with Crippen LogP contribution in [0, 0.1) is 0 Å². The molecule has 1 aromatic carbocycles. The van der Waals surface area contributed by atoms with Crippen LogP contribution in [-0.2, 0) is 4.79 Å². The quantitative estimate of drug-likeness (QED) is 0.799. The summed E-state index contributed by atoms with van der Waals surface area (Å²) in [6, 6.07) is 8.36. The number of carbonyl (C=O) groups excluding carboxylic acids is 1. The van der Waals surface area contributed by atoms with Crippen LogP contribution in [0.4, 0.5) is 0 Å². The Morgan fingerprint density at radius 2 is 2.06 bits per heavy atom. The normalized spacial score (nSPS) is 22.7. The van der Waals surface area contributed by atoms with E-state index in [9.17, 15) is 4.79 Å². The van der Waals surface area contributed by atoms with Crippen molar-refractivity contribution in [1.29, 1.82) is 0 Å². The zero-order chi connectivity index (χ0) is 12.5. The maximum absolute atomic E-state index is 11.8. The number of allylic oxidation sites excluding steroid dienone is 1. The van der Waals surface area contributed by atoms with E-state index in [1.54, 1.807) is 13.2 Å². The van der Waals surface area contributed by atoms with Gasteiger partial charge in [0, 0.05) is 30.8 Å². The maximum Gasteiger partial charge on any atom is 0.159 e. The molecule has 0 N–H and O–H groups in total. The molecule has 1 aromatic rings. The standard InChI is InChI=1S/C15H17NO2/c1-18-14-6-4-11(5-7-14)15-10-13(17)9-12-3-2-8-16(12)15/h4-7,10,12H,2-3,8-9H2,1H3/t12-/m1/s1. The van der Waals surface area contributed by atoms with Gasteiger partial charge in [0.25, 0.3) is 0 Å². The largest absolute Gasteiger partial charge is 0.497 e. The van der Waals surface area contributed by atoms with E-state index < -0.39 is 0 Å². The van der Waals surface area contributed by atoms with Gasteiger partial charge in [-0.15, -0.1) is 0 Å². The minimum Gasteiger partial charge on any atom is -0.497 e. The van der Waals surface area contributed by atoms with Crippen molar-refractivity contribution in [2.75, 3.05) is 13.7 Å². The lowest BCUT2D eigenvalue weighted by Crippen LogP contribution is -2.33. The zero-order valence-electron chi connectivity index (χ0n) is 10.6. The third-order valence-electron chi connectivity index (χ3n) is 3.81. The Morgan fingerprint density at radius 1 is 1.28 bits per heavy atom. The number of ether oxygens (including phenoxy) is 1. The van der Waals surface area contributed by atoms with Gasteiger partial charge in [0.05, 0.1) is 7.11 Å². The fraction of sp³-hybridized carbons (Fsp3) is 0.400. The second kappa shape index (κ2) is 4.48. The molecular formula is C15H17NO2. The Morgan fingerprint density at radius 3 is 2.78 bits per heavy atom. The monoisotopic (exact) mass is 243 g/mol. The van der Waals surface area contributed by atoms with E-state index in [1.807, 2.05) is 24.3 Å². The predicted octanol–water partition coefficient (Wildman–Crippen LogP) is 2.47.